The highest BCUT2D eigenvalue weighted by Gasteiger charge is 2.40. The number of ether oxygens (including phenoxy) is 2. The second-order valence-corrected chi connectivity index (χ2v) is 9.24. The minimum absolute atomic E-state index is 0.0441. The zero-order valence-corrected chi connectivity index (χ0v) is 18.9. The smallest absolute Gasteiger partial charge is 0.410 e. The van der Waals surface area contributed by atoms with Gasteiger partial charge in [-0.25, -0.2) is 9.18 Å². The molecule has 30 heavy (non-hydrogen) atoms. The molecule has 1 fully saturated rings. The fraction of sp³-hybridized carbons (Fsp3) is 0.476. The van der Waals surface area contributed by atoms with E-state index in [0.29, 0.717) is 18.1 Å². The van der Waals surface area contributed by atoms with Crippen LogP contribution in [0.25, 0.3) is 21.9 Å². The number of halogens is 2. The summed E-state index contributed by atoms with van der Waals surface area (Å²) in [6.45, 7) is 7.73. The Kier molecular flexibility index (Phi) is 5.34. The van der Waals surface area contributed by atoms with Gasteiger partial charge in [-0.15, -0.1) is 0 Å². The van der Waals surface area contributed by atoms with E-state index >= 15 is 4.39 Å². The van der Waals surface area contributed by atoms with E-state index in [2.05, 4.69) is 25.9 Å². The first-order valence-electron chi connectivity index (χ1n) is 9.89. The van der Waals surface area contributed by atoms with Crippen molar-refractivity contribution in [2.75, 3.05) is 19.7 Å². The molecule has 0 bridgehead atoms. The summed E-state index contributed by atoms with van der Waals surface area (Å²) < 4.78 is 29.1. The van der Waals surface area contributed by atoms with E-state index in [4.69, 9.17) is 9.47 Å². The Morgan fingerprint density at radius 3 is 2.77 bits per heavy atom. The molecule has 0 aliphatic carbocycles. The molecule has 2 aromatic heterocycles. The molecule has 0 radical (unpaired) electrons. The normalized spacial score (nSPS) is 19.6. The molecule has 0 spiro atoms. The van der Waals surface area contributed by atoms with Crippen molar-refractivity contribution in [3.8, 4) is 6.01 Å². The zero-order valence-electron chi connectivity index (χ0n) is 17.4. The maximum Gasteiger partial charge on any atom is 0.410 e. The topological polar surface area (TPSA) is 69.5 Å². The van der Waals surface area contributed by atoms with Crippen molar-refractivity contribution in [3.63, 3.8) is 0 Å². The Labute approximate surface area is 182 Å². The van der Waals surface area contributed by atoms with Crippen LogP contribution in [-0.4, -0.2) is 57.0 Å². The number of alkyl halides is 1. The lowest BCUT2D eigenvalue weighted by Gasteiger charge is -2.24. The first kappa shape index (κ1) is 20.8. The molecule has 0 unspecified atom stereocenters. The maximum atomic E-state index is 15.2. The summed E-state index contributed by atoms with van der Waals surface area (Å²) in [6, 6.07) is 5.41. The van der Waals surface area contributed by atoms with Gasteiger partial charge in [0.25, 0.3) is 6.01 Å². The molecule has 1 amide bonds. The molecule has 7 nitrogen and oxygen atoms in total. The predicted molar refractivity (Wildman–Crippen MR) is 116 cm³/mol. The molecule has 2 atom stereocenters. The first-order valence-corrected chi connectivity index (χ1v) is 10.7. The van der Waals surface area contributed by atoms with Crippen LogP contribution in [0.3, 0.4) is 0 Å². The van der Waals surface area contributed by atoms with Gasteiger partial charge in [-0.2, -0.15) is 4.98 Å². The Bertz CT molecular complexity index is 1110. The standard InChI is InChI=1S/C21H24BrFN4O3/c1-5-29-19-25-16-9-24-15-7-6-12(22)8-13(15)18(16)27(19)17-11-26(10-14(17)23)20(28)30-21(2,3)4/h6-9,14,17H,5,10-11H2,1-4H3/t14-,17+/m1/s1. The highest BCUT2D eigenvalue weighted by molar-refractivity contribution is 9.10. The van der Waals surface area contributed by atoms with Crippen molar-refractivity contribution in [2.24, 2.45) is 0 Å². The van der Waals surface area contributed by atoms with Crippen LogP contribution in [0.4, 0.5) is 9.18 Å². The lowest BCUT2D eigenvalue weighted by atomic mass is 10.1. The van der Waals surface area contributed by atoms with E-state index in [-0.39, 0.29) is 13.1 Å². The van der Waals surface area contributed by atoms with E-state index in [0.717, 1.165) is 20.9 Å². The van der Waals surface area contributed by atoms with Gasteiger partial charge in [0.05, 0.1) is 36.4 Å². The molecule has 4 rings (SSSR count). The molecule has 1 saturated heterocycles. The summed E-state index contributed by atoms with van der Waals surface area (Å²) in [6.07, 6.45) is -0.146. The zero-order chi connectivity index (χ0) is 21.6. The third kappa shape index (κ3) is 3.82. The quantitative estimate of drug-likeness (QED) is 0.536. The second-order valence-electron chi connectivity index (χ2n) is 8.32. The molecule has 9 heteroatoms. The number of rotatable bonds is 3. The third-order valence-corrected chi connectivity index (χ3v) is 5.42. The first-order chi connectivity index (χ1) is 14.2. The average Bonchev–Trinajstić information content (AvgIpc) is 3.20. The van der Waals surface area contributed by atoms with Crippen molar-refractivity contribution < 1.29 is 18.7 Å². The number of hydrogen-bond acceptors (Lipinski definition) is 5. The van der Waals surface area contributed by atoms with E-state index in [1.807, 2.05) is 25.1 Å². The summed E-state index contributed by atoms with van der Waals surface area (Å²) in [5.74, 6) is 0. The highest BCUT2D eigenvalue weighted by Crippen LogP contribution is 2.37. The van der Waals surface area contributed by atoms with Gasteiger partial charge in [0, 0.05) is 16.4 Å². The van der Waals surface area contributed by atoms with Gasteiger partial charge in [0.15, 0.2) is 0 Å². The number of nitrogens with zero attached hydrogens (tertiary/aromatic N) is 4. The number of fused-ring (bicyclic) bond motifs is 3. The van der Waals surface area contributed by atoms with Crippen LogP contribution in [0.15, 0.2) is 28.9 Å². The van der Waals surface area contributed by atoms with Crippen LogP contribution in [0, 0.1) is 0 Å². The molecule has 0 saturated carbocycles. The van der Waals surface area contributed by atoms with E-state index in [1.54, 1.807) is 31.5 Å². The van der Waals surface area contributed by atoms with Gasteiger partial charge in [-0.05, 0) is 45.9 Å². The van der Waals surface area contributed by atoms with Crippen LogP contribution in [0.5, 0.6) is 6.01 Å². The maximum absolute atomic E-state index is 15.2. The fourth-order valence-corrected chi connectivity index (χ4v) is 4.09. The van der Waals surface area contributed by atoms with E-state index in [1.165, 1.54) is 4.90 Å². The number of likely N-dealkylation sites (tertiary alicyclic amines) is 1. The van der Waals surface area contributed by atoms with Gasteiger partial charge in [0.2, 0.25) is 0 Å². The molecular formula is C21H24BrFN4O3. The number of pyridine rings is 1. The molecular weight excluding hydrogens is 455 g/mol. The minimum atomic E-state index is -1.29. The Hall–Kier alpha value is -2.42. The Morgan fingerprint density at radius 2 is 2.07 bits per heavy atom. The number of hydrogen-bond donors (Lipinski definition) is 0. The van der Waals surface area contributed by atoms with Crippen LogP contribution >= 0.6 is 15.9 Å². The van der Waals surface area contributed by atoms with Crippen LogP contribution < -0.4 is 4.74 Å². The second kappa shape index (κ2) is 7.68. The highest BCUT2D eigenvalue weighted by atomic mass is 79.9. The molecule has 0 N–H and O–H groups in total. The van der Waals surface area contributed by atoms with Crippen molar-refractivity contribution in [2.45, 2.75) is 45.5 Å². The van der Waals surface area contributed by atoms with E-state index < -0.39 is 23.9 Å². The molecule has 160 valence electrons. The molecule has 1 aliphatic heterocycles. The van der Waals surface area contributed by atoms with E-state index in [9.17, 15) is 4.79 Å². The summed E-state index contributed by atoms with van der Waals surface area (Å²) in [7, 11) is 0. The van der Waals surface area contributed by atoms with Crippen molar-refractivity contribution >= 4 is 44.0 Å². The van der Waals surface area contributed by atoms with Gasteiger partial charge in [0.1, 0.15) is 17.3 Å². The molecule has 3 heterocycles. The SMILES string of the molecule is CCOc1nc2cnc3ccc(Br)cc3c2n1[C@H]1CN(C(=O)OC(C)(C)C)C[C@H]1F. The third-order valence-electron chi connectivity index (χ3n) is 4.92. The van der Waals surface area contributed by atoms with Crippen LogP contribution in [0.2, 0.25) is 0 Å². The monoisotopic (exact) mass is 478 g/mol. The largest absolute Gasteiger partial charge is 0.465 e. The molecule has 1 aromatic carbocycles. The fourth-order valence-electron chi connectivity index (χ4n) is 3.73. The average molecular weight is 479 g/mol. The summed E-state index contributed by atoms with van der Waals surface area (Å²) >= 11 is 3.50. The minimum Gasteiger partial charge on any atom is -0.465 e. The summed E-state index contributed by atoms with van der Waals surface area (Å²) in [5, 5.41) is 0.836. The summed E-state index contributed by atoms with van der Waals surface area (Å²) in [5.41, 5.74) is 1.48. The Balaban J connectivity index is 1.82. The number of benzene rings is 1. The molecule has 3 aromatic rings. The molecule has 1 aliphatic rings. The predicted octanol–water partition coefficient (Wildman–Crippen LogP) is 4.88. The summed E-state index contributed by atoms with van der Waals surface area (Å²) in [4.78, 5) is 22.9. The lowest BCUT2D eigenvalue weighted by Crippen LogP contribution is -2.35. The van der Waals surface area contributed by atoms with Gasteiger partial charge in [-0.3, -0.25) is 9.55 Å². The van der Waals surface area contributed by atoms with Crippen LogP contribution in [-0.2, 0) is 4.74 Å². The number of carbonyl (C=O) groups excluding carboxylic acids is 1. The lowest BCUT2D eigenvalue weighted by molar-refractivity contribution is 0.0281. The van der Waals surface area contributed by atoms with Crippen molar-refractivity contribution in [1.29, 1.82) is 0 Å². The Morgan fingerprint density at radius 1 is 1.30 bits per heavy atom. The van der Waals surface area contributed by atoms with Gasteiger partial charge >= 0.3 is 6.09 Å². The number of amides is 1. The van der Waals surface area contributed by atoms with Gasteiger partial charge < -0.3 is 14.4 Å². The number of aromatic nitrogens is 3. The van der Waals surface area contributed by atoms with Crippen molar-refractivity contribution in [3.05, 3.63) is 28.9 Å². The van der Waals surface area contributed by atoms with Crippen molar-refractivity contribution in [1.82, 2.24) is 19.4 Å². The number of imidazole rings is 1. The van der Waals surface area contributed by atoms with Crippen LogP contribution in [0.1, 0.15) is 33.7 Å². The van der Waals surface area contributed by atoms with Gasteiger partial charge in [-0.1, -0.05) is 15.9 Å². The number of carbonyl (C=O) groups is 1.